The van der Waals surface area contributed by atoms with E-state index in [1.165, 1.54) is 0 Å². The molecule has 0 bridgehead atoms. The van der Waals surface area contributed by atoms with Crippen molar-refractivity contribution in [1.82, 2.24) is 4.98 Å². The summed E-state index contributed by atoms with van der Waals surface area (Å²) in [6, 6.07) is 5.23. The fourth-order valence-electron chi connectivity index (χ4n) is 1.66. The number of fused-ring (bicyclic) bond motifs is 1. The van der Waals surface area contributed by atoms with Gasteiger partial charge in [-0.15, -0.1) is 0 Å². The molecule has 2 aromatic rings. The second-order valence-electron chi connectivity index (χ2n) is 3.86. The second kappa shape index (κ2) is 4.95. The molecule has 0 amide bonds. The predicted molar refractivity (Wildman–Crippen MR) is 66.7 cm³/mol. The number of oxazole rings is 1. The van der Waals surface area contributed by atoms with E-state index < -0.39 is 5.76 Å². The molecule has 1 N–H and O–H groups in total. The number of carbonyl (C=O) groups excluding carboxylic acids is 1. The molecule has 0 radical (unpaired) electrons. The van der Waals surface area contributed by atoms with Crippen LogP contribution in [0.1, 0.15) is 6.92 Å². The smallest absolute Gasteiger partial charge is 0.417 e. The van der Waals surface area contributed by atoms with E-state index in [1.54, 1.807) is 37.1 Å². The van der Waals surface area contributed by atoms with Crippen LogP contribution in [0.25, 0.3) is 11.1 Å². The molecular formula is C12H14N2O4. The third-order valence-electron chi connectivity index (χ3n) is 2.52. The summed E-state index contributed by atoms with van der Waals surface area (Å²) in [5.41, 5.74) is 1.87. The lowest BCUT2D eigenvalue weighted by molar-refractivity contribution is -0.141. The lowest BCUT2D eigenvalue weighted by Crippen LogP contribution is -2.26. The number of aromatic nitrogens is 1. The average Bonchev–Trinajstić information content (AvgIpc) is 2.68. The number of carbonyl (C=O) groups is 1. The fraction of sp³-hybridized carbons (Fsp3) is 0.333. The standard InChI is InChI=1S/C12H14N2O4/c1-3-17-11(15)7-14(2)8-4-5-9-10(6-8)18-12(16)13-9/h4-6H,3,7H2,1-2H3,(H,13,16). The molecule has 0 aliphatic heterocycles. The number of benzene rings is 1. The van der Waals surface area contributed by atoms with E-state index in [0.717, 1.165) is 5.69 Å². The number of likely N-dealkylation sites (N-methyl/N-ethyl adjacent to an activating group) is 1. The number of esters is 1. The first-order valence-corrected chi connectivity index (χ1v) is 5.60. The molecule has 1 heterocycles. The van der Waals surface area contributed by atoms with E-state index in [2.05, 4.69) is 4.98 Å². The normalized spacial score (nSPS) is 10.6. The highest BCUT2D eigenvalue weighted by atomic mass is 16.5. The van der Waals surface area contributed by atoms with Crippen LogP contribution in [0.4, 0.5) is 5.69 Å². The van der Waals surface area contributed by atoms with Crippen LogP contribution < -0.4 is 10.7 Å². The molecular weight excluding hydrogens is 236 g/mol. The van der Waals surface area contributed by atoms with Gasteiger partial charge in [-0.3, -0.25) is 9.78 Å². The summed E-state index contributed by atoms with van der Waals surface area (Å²) in [6.45, 7) is 2.27. The van der Waals surface area contributed by atoms with Crippen LogP contribution in [0.5, 0.6) is 0 Å². The Bertz CT molecular complexity index is 614. The Morgan fingerprint density at radius 2 is 2.28 bits per heavy atom. The van der Waals surface area contributed by atoms with Crippen LogP contribution in [0.15, 0.2) is 27.4 Å². The van der Waals surface area contributed by atoms with Crippen LogP contribution >= 0.6 is 0 Å². The largest absolute Gasteiger partial charge is 0.465 e. The van der Waals surface area contributed by atoms with Crippen molar-refractivity contribution in [2.24, 2.45) is 0 Å². The van der Waals surface area contributed by atoms with Gasteiger partial charge in [-0.1, -0.05) is 0 Å². The molecule has 96 valence electrons. The van der Waals surface area contributed by atoms with Crippen molar-refractivity contribution in [3.05, 3.63) is 28.7 Å². The number of nitrogens with zero attached hydrogens (tertiary/aromatic N) is 1. The maximum absolute atomic E-state index is 11.4. The molecule has 0 fully saturated rings. The summed E-state index contributed by atoms with van der Waals surface area (Å²) < 4.78 is 9.82. The number of aromatic amines is 1. The quantitative estimate of drug-likeness (QED) is 0.823. The van der Waals surface area contributed by atoms with E-state index in [-0.39, 0.29) is 12.5 Å². The maximum atomic E-state index is 11.4. The molecule has 0 aliphatic rings. The summed E-state index contributed by atoms with van der Waals surface area (Å²) in [4.78, 5) is 26.7. The highest BCUT2D eigenvalue weighted by molar-refractivity contribution is 5.80. The van der Waals surface area contributed by atoms with E-state index in [0.29, 0.717) is 17.7 Å². The Labute approximate surface area is 103 Å². The van der Waals surface area contributed by atoms with Crippen LogP contribution in [0.3, 0.4) is 0 Å². The Kier molecular flexibility index (Phi) is 3.36. The monoisotopic (exact) mass is 250 g/mol. The molecule has 6 heteroatoms. The van der Waals surface area contributed by atoms with Gasteiger partial charge in [0.25, 0.3) is 0 Å². The average molecular weight is 250 g/mol. The first-order chi connectivity index (χ1) is 8.60. The summed E-state index contributed by atoms with van der Waals surface area (Å²) in [7, 11) is 1.77. The molecule has 0 atom stereocenters. The first-order valence-electron chi connectivity index (χ1n) is 5.60. The molecule has 6 nitrogen and oxygen atoms in total. The van der Waals surface area contributed by atoms with Crippen molar-refractivity contribution < 1.29 is 13.9 Å². The molecule has 0 spiro atoms. The minimum absolute atomic E-state index is 0.147. The lowest BCUT2D eigenvalue weighted by Gasteiger charge is -2.17. The minimum atomic E-state index is -0.491. The van der Waals surface area contributed by atoms with E-state index >= 15 is 0 Å². The predicted octanol–water partition coefficient (Wildman–Crippen LogP) is 1.12. The Balaban J connectivity index is 2.19. The van der Waals surface area contributed by atoms with Crippen molar-refractivity contribution in [2.45, 2.75) is 6.92 Å². The summed E-state index contributed by atoms with van der Waals surface area (Å²) in [6.07, 6.45) is 0. The third-order valence-corrected chi connectivity index (χ3v) is 2.52. The topological polar surface area (TPSA) is 75.5 Å². The fourth-order valence-corrected chi connectivity index (χ4v) is 1.66. The van der Waals surface area contributed by atoms with Gasteiger partial charge in [0.1, 0.15) is 6.54 Å². The molecule has 0 saturated heterocycles. The zero-order valence-corrected chi connectivity index (χ0v) is 10.2. The van der Waals surface area contributed by atoms with Crippen LogP contribution in [-0.4, -0.2) is 31.2 Å². The number of hydrogen-bond donors (Lipinski definition) is 1. The Morgan fingerprint density at radius 1 is 1.50 bits per heavy atom. The van der Waals surface area contributed by atoms with Gasteiger partial charge < -0.3 is 14.1 Å². The first kappa shape index (κ1) is 12.2. The third kappa shape index (κ3) is 2.53. The van der Waals surface area contributed by atoms with Crippen molar-refractivity contribution in [3.8, 4) is 0 Å². The maximum Gasteiger partial charge on any atom is 0.417 e. The van der Waals surface area contributed by atoms with Gasteiger partial charge in [-0.25, -0.2) is 4.79 Å². The van der Waals surface area contributed by atoms with Gasteiger partial charge in [0, 0.05) is 18.8 Å². The molecule has 1 aromatic heterocycles. The highest BCUT2D eigenvalue weighted by Gasteiger charge is 2.10. The van der Waals surface area contributed by atoms with E-state index in [1.807, 2.05) is 0 Å². The molecule has 0 aliphatic carbocycles. The number of ether oxygens (including phenoxy) is 1. The number of rotatable bonds is 4. The van der Waals surface area contributed by atoms with Crippen molar-refractivity contribution in [2.75, 3.05) is 25.1 Å². The Hall–Kier alpha value is -2.24. The molecule has 18 heavy (non-hydrogen) atoms. The van der Waals surface area contributed by atoms with Gasteiger partial charge in [0.2, 0.25) is 0 Å². The van der Waals surface area contributed by atoms with Crippen molar-refractivity contribution in [3.63, 3.8) is 0 Å². The summed E-state index contributed by atoms with van der Waals surface area (Å²) >= 11 is 0. The molecule has 0 saturated carbocycles. The van der Waals surface area contributed by atoms with E-state index in [9.17, 15) is 9.59 Å². The van der Waals surface area contributed by atoms with Crippen LogP contribution in [-0.2, 0) is 9.53 Å². The lowest BCUT2D eigenvalue weighted by atomic mass is 10.2. The molecule has 0 unspecified atom stereocenters. The zero-order chi connectivity index (χ0) is 13.1. The SMILES string of the molecule is CCOC(=O)CN(C)c1ccc2[nH]c(=O)oc2c1. The van der Waals surface area contributed by atoms with Crippen molar-refractivity contribution >= 4 is 22.8 Å². The van der Waals surface area contributed by atoms with E-state index in [4.69, 9.17) is 9.15 Å². The molecule has 2 rings (SSSR count). The number of hydrogen-bond acceptors (Lipinski definition) is 5. The highest BCUT2D eigenvalue weighted by Crippen LogP contribution is 2.19. The van der Waals surface area contributed by atoms with Gasteiger partial charge in [-0.05, 0) is 19.1 Å². The molecule has 1 aromatic carbocycles. The van der Waals surface area contributed by atoms with Crippen LogP contribution in [0, 0.1) is 0 Å². The summed E-state index contributed by atoms with van der Waals surface area (Å²) in [5, 5.41) is 0. The Morgan fingerprint density at radius 3 is 3.00 bits per heavy atom. The summed E-state index contributed by atoms with van der Waals surface area (Å²) in [5.74, 6) is -0.786. The van der Waals surface area contributed by atoms with Gasteiger partial charge >= 0.3 is 11.7 Å². The zero-order valence-electron chi connectivity index (χ0n) is 10.2. The number of nitrogens with one attached hydrogen (secondary N) is 1. The van der Waals surface area contributed by atoms with Gasteiger partial charge in [0.15, 0.2) is 5.58 Å². The second-order valence-corrected chi connectivity index (χ2v) is 3.86. The van der Waals surface area contributed by atoms with Crippen LogP contribution in [0.2, 0.25) is 0 Å². The van der Waals surface area contributed by atoms with Gasteiger partial charge in [0.05, 0.1) is 12.1 Å². The van der Waals surface area contributed by atoms with Gasteiger partial charge in [-0.2, -0.15) is 0 Å². The number of H-pyrrole nitrogens is 1. The minimum Gasteiger partial charge on any atom is -0.465 e. The van der Waals surface area contributed by atoms with Crippen molar-refractivity contribution in [1.29, 1.82) is 0 Å². The number of anilines is 1.